The zero-order chi connectivity index (χ0) is 21.3. The average Bonchev–Trinajstić information content (AvgIpc) is 2.70. The van der Waals surface area contributed by atoms with Gasteiger partial charge < -0.3 is 10.2 Å². The minimum absolute atomic E-state index is 0.0555. The molecule has 4 rings (SSSR count). The van der Waals surface area contributed by atoms with Crippen molar-refractivity contribution in [2.24, 2.45) is 0 Å². The van der Waals surface area contributed by atoms with Gasteiger partial charge in [-0.3, -0.25) is 14.5 Å². The third-order valence-electron chi connectivity index (χ3n) is 5.86. The van der Waals surface area contributed by atoms with Crippen LogP contribution in [0, 0.1) is 5.82 Å². The van der Waals surface area contributed by atoms with Crippen LogP contribution in [0.5, 0.6) is 0 Å². The smallest absolute Gasteiger partial charge is 0.238 e. The lowest BCUT2D eigenvalue weighted by Crippen LogP contribution is -2.53. The number of hydrogen-bond donors (Lipinski definition) is 1. The van der Waals surface area contributed by atoms with E-state index in [1.54, 1.807) is 6.07 Å². The summed E-state index contributed by atoms with van der Waals surface area (Å²) in [4.78, 5) is 28.4. The molecule has 0 aromatic heterocycles. The summed E-state index contributed by atoms with van der Waals surface area (Å²) in [7, 11) is 0. The van der Waals surface area contributed by atoms with Crippen molar-refractivity contribution >= 4 is 34.7 Å². The first kappa shape index (κ1) is 20.8. The first-order chi connectivity index (χ1) is 14.4. The first-order valence-corrected chi connectivity index (χ1v) is 10.6. The maximum absolute atomic E-state index is 13.8. The summed E-state index contributed by atoms with van der Waals surface area (Å²) < 4.78 is 13.8. The number of nitrogens with zero attached hydrogens (tertiary/aromatic N) is 2. The van der Waals surface area contributed by atoms with Crippen LogP contribution in [0.1, 0.15) is 24.5 Å². The molecule has 1 amide bonds. The number of benzene rings is 2. The lowest BCUT2D eigenvalue weighted by atomic mass is 9.90. The zero-order valence-corrected chi connectivity index (χ0v) is 17.7. The highest BCUT2D eigenvalue weighted by molar-refractivity contribution is 6.30. The molecule has 5 nitrogen and oxygen atoms in total. The number of amides is 1. The molecule has 158 valence electrons. The van der Waals surface area contributed by atoms with Gasteiger partial charge in [0.1, 0.15) is 11.6 Å². The summed E-state index contributed by atoms with van der Waals surface area (Å²) in [6.07, 6.45) is 1.80. The van der Waals surface area contributed by atoms with E-state index in [-0.39, 0.29) is 22.8 Å². The van der Waals surface area contributed by atoms with Crippen LogP contribution in [-0.2, 0) is 22.4 Å². The largest absolute Gasteiger partial charge is 0.366 e. The fourth-order valence-electron chi connectivity index (χ4n) is 4.31. The van der Waals surface area contributed by atoms with E-state index in [2.05, 4.69) is 22.0 Å². The third kappa shape index (κ3) is 4.65. The molecule has 1 N–H and O–H groups in total. The molecule has 0 bridgehead atoms. The van der Waals surface area contributed by atoms with E-state index in [1.807, 2.05) is 24.3 Å². The number of carbonyl (C=O) groups is 2. The molecule has 0 saturated carbocycles. The van der Waals surface area contributed by atoms with Gasteiger partial charge >= 0.3 is 0 Å². The van der Waals surface area contributed by atoms with Crippen LogP contribution in [0.3, 0.4) is 0 Å². The Kier molecular flexibility index (Phi) is 6.06. The Morgan fingerprint density at radius 3 is 2.77 bits per heavy atom. The normalized spacial score (nSPS) is 19.5. The topological polar surface area (TPSA) is 52.7 Å². The number of carbonyl (C=O) groups excluding carboxylic acids is 2. The van der Waals surface area contributed by atoms with Gasteiger partial charge in [-0.2, -0.15) is 0 Å². The standard InChI is InChI=1S/C23H25ClFN3O2/c1-15-13-27(8-9-28(15)19-5-7-21(24)22(25)12-19)14-23(30)26-18-4-2-17-11-20(29)6-3-16(17)10-18/h2,4-5,7,10,12,15H,3,6,8-9,11,13-14H2,1H3,(H,26,30)/t15-/m1/s1. The van der Waals surface area contributed by atoms with Crippen LogP contribution < -0.4 is 10.2 Å². The molecule has 1 saturated heterocycles. The molecular formula is C23H25ClFN3O2. The van der Waals surface area contributed by atoms with Gasteiger partial charge in [-0.1, -0.05) is 17.7 Å². The van der Waals surface area contributed by atoms with E-state index in [4.69, 9.17) is 11.6 Å². The number of aryl methyl sites for hydroxylation is 1. The predicted molar refractivity (Wildman–Crippen MR) is 117 cm³/mol. The van der Waals surface area contributed by atoms with Crippen molar-refractivity contribution in [1.29, 1.82) is 0 Å². The van der Waals surface area contributed by atoms with Crippen molar-refractivity contribution < 1.29 is 14.0 Å². The van der Waals surface area contributed by atoms with E-state index >= 15 is 0 Å². The van der Waals surface area contributed by atoms with Crippen LogP contribution in [0.15, 0.2) is 36.4 Å². The lowest BCUT2D eigenvalue weighted by Gasteiger charge is -2.41. The van der Waals surface area contributed by atoms with Gasteiger partial charge in [0.05, 0.1) is 11.6 Å². The van der Waals surface area contributed by atoms with Gasteiger partial charge in [0.15, 0.2) is 0 Å². The quantitative estimate of drug-likeness (QED) is 0.805. The number of nitrogens with one attached hydrogen (secondary N) is 1. The lowest BCUT2D eigenvalue weighted by molar-refractivity contribution is -0.119. The van der Waals surface area contributed by atoms with Gasteiger partial charge in [0.25, 0.3) is 0 Å². The second kappa shape index (κ2) is 8.74. The van der Waals surface area contributed by atoms with Crippen molar-refractivity contribution in [2.45, 2.75) is 32.2 Å². The monoisotopic (exact) mass is 429 g/mol. The van der Waals surface area contributed by atoms with E-state index in [9.17, 15) is 14.0 Å². The number of rotatable bonds is 4. The van der Waals surface area contributed by atoms with Gasteiger partial charge in [-0.25, -0.2) is 4.39 Å². The fourth-order valence-corrected chi connectivity index (χ4v) is 4.43. The highest BCUT2D eigenvalue weighted by Crippen LogP contribution is 2.26. The number of piperazine rings is 1. The second-order valence-electron chi connectivity index (χ2n) is 8.12. The van der Waals surface area contributed by atoms with Crippen molar-refractivity contribution in [2.75, 3.05) is 36.4 Å². The highest BCUT2D eigenvalue weighted by atomic mass is 35.5. The van der Waals surface area contributed by atoms with Crippen molar-refractivity contribution in [3.63, 3.8) is 0 Å². The van der Waals surface area contributed by atoms with Crippen LogP contribution in [0.4, 0.5) is 15.8 Å². The van der Waals surface area contributed by atoms with E-state index < -0.39 is 5.82 Å². The summed E-state index contributed by atoms with van der Waals surface area (Å²) >= 11 is 5.79. The van der Waals surface area contributed by atoms with Crippen LogP contribution in [0.25, 0.3) is 0 Å². The van der Waals surface area contributed by atoms with Crippen LogP contribution in [0.2, 0.25) is 5.02 Å². The molecule has 2 aromatic rings. The summed E-state index contributed by atoms with van der Waals surface area (Å²) in [6, 6.07) is 10.8. The number of halogens is 2. The van der Waals surface area contributed by atoms with Gasteiger partial charge in [0, 0.05) is 49.9 Å². The summed E-state index contributed by atoms with van der Waals surface area (Å²) in [5.74, 6) is -0.202. The Morgan fingerprint density at radius 1 is 1.17 bits per heavy atom. The van der Waals surface area contributed by atoms with E-state index in [0.717, 1.165) is 28.9 Å². The Labute approximate surface area is 180 Å². The Morgan fingerprint density at radius 2 is 2.00 bits per heavy atom. The molecule has 1 aliphatic heterocycles. The molecule has 0 unspecified atom stereocenters. The molecule has 1 atom stereocenters. The number of ketones is 1. The fraction of sp³-hybridized carbons (Fsp3) is 0.391. The number of Topliss-reactive ketones (excluding diaryl/α,β-unsaturated/α-hetero) is 1. The Hall–Kier alpha value is -2.44. The maximum Gasteiger partial charge on any atom is 0.238 e. The molecular weight excluding hydrogens is 405 g/mol. The molecule has 1 heterocycles. The third-order valence-corrected chi connectivity index (χ3v) is 6.17. The second-order valence-corrected chi connectivity index (χ2v) is 8.53. The predicted octanol–water partition coefficient (Wildman–Crippen LogP) is 3.69. The highest BCUT2D eigenvalue weighted by Gasteiger charge is 2.26. The molecule has 30 heavy (non-hydrogen) atoms. The van der Waals surface area contributed by atoms with Crippen molar-refractivity contribution in [3.05, 3.63) is 58.4 Å². The van der Waals surface area contributed by atoms with Gasteiger partial charge in [-0.05, 0) is 54.8 Å². The van der Waals surface area contributed by atoms with E-state index in [0.29, 0.717) is 39.0 Å². The van der Waals surface area contributed by atoms with Gasteiger partial charge in [0.2, 0.25) is 5.91 Å². The SMILES string of the molecule is C[C@@H]1CN(CC(=O)Nc2ccc3c(c2)CCC(=O)C3)CCN1c1ccc(Cl)c(F)c1. The van der Waals surface area contributed by atoms with Crippen molar-refractivity contribution in [3.8, 4) is 0 Å². The first-order valence-electron chi connectivity index (χ1n) is 10.3. The minimum atomic E-state index is -0.419. The number of anilines is 2. The molecule has 1 aliphatic carbocycles. The summed E-state index contributed by atoms with van der Waals surface area (Å²) in [5.41, 5.74) is 3.79. The maximum atomic E-state index is 13.8. The van der Waals surface area contributed by atoms with Gasteiger partial charge in [-0.15, -0.1) is 0 Å². The summed E-state index contributed by atoms with van der Waals surface area (Å²) in [6.45, 7) is 4.52. The Balaban J connectivity index is 1.32. The molecule has 0 radical (unpaired) electrons. The van der Waals surface area contributed by atoms with Crippen molar-refractivity contribution in [1.82, 2.24) is 4.90 Å². The molecule has 7 heteroatoms. The summed E-state index contributed by atoms with van der Waals surface area (Å²) in [5, 5.41) is 3.10. The number of fused-ring (bicyclic) bond motifs is 1. The molecule has 1 fully saturated rings. The van der Waals surface area contributed by atoms with Crippen LogP contribution in [-0.4, -0.2) is 48.8 Å². The van der Waals surface area contributed by atoms with Crippen LogP contribution >= 0.6 is 11.6 Å². The zero-order valence-electron chi connectivity index (χ0n) is 17.0. The van der Waals surface area contributed by atoms with E-state index in [1.165, 1.54) is 6.07 Å². The number of hydrogen-bond acceptors (Lipinski definition) is 4. The molecule has 2 aromatic carbocycles. The Bertz CT molecular complexity index is 981. The minimum Gasteiger partial charge on any atom is -0.366 e. The molecule has 2 aliphatic rings. The molecule has 0 spiro atoms. The average molecular weight is 430 g/mol.